The smallest absolute Gasteiger partial charge is 0.162 e. The minimum absolute atomic E-state index is 0.106. The molecule has 3 heteroatoms. The van der Waals surface area contributed by atoms with Crippen LogP contribution in [0.25, 0.3) is 0 Å². The van der Waals surface area contributed by atoms with Gasteiger partial charge in [0.25, 0.3) is 0 Å². The van der Waals surface area contributed by atoms with Crippen LogP contribution in [0, 0.1) is 34.5 Å². The molecule has 0 radical (unpaired) electrons. The van der Waals surface area contributed by atoms with E-state index in [0.717, 1.165) is 30.8 Å². The predicted octanol–water partition coefficient (Wildman–Crippen LogP) is 4.10. The summed E-state index contributed by atoms with van der Waals surface area (Å²) in [4.78, 5) is 12.4. The van der Waals surface area contributed by atoms with Crippen molar-refractivity contribution in [3.8, 4) is 0 Å². The Labute approximate surface area is 145 Å². The van der Waals surface area contributed by atoms with Gasteiger partial charge < -0.3 is 9.84 Å². The van der Waals surface area contributed by atoms with Crippen LogP contribution in [0.5, 0.6) is 0 Å². The number of carbonyl (C=O) groups is 1. The molecule has 4 aliphatic rings. The van der Waals surface area contributed by atoms with Gasteiger partial charge in [0.1, 0.15) is 0 Å². The summed E-state index contributed by atoms with van der Waals surface area (Å²) in [5, 5.41) is 10.5. The van der Waals surface area contributed by atoms with Crippen molar-refractivity contribution in [1.29, 1.82) is 0 Å². The number of Topliss-reactive ketones (excluding diaryl/α,β-unsaturated/α-hetero) is 1. The number of hydrogen-bond acceptors (Lipinski definition) is 3. The van der Waals surface area contributed by atoms with Gasteiger partial charge in [0.2, 0.25) is 0 Å². The number of hydrogen-bond donors (Lipinski definition) is 1. The summed E-state index contributed by atoms with van der Waals surface area (Å²) in [5.41, 5.74) is 1.27. The first-order valence-corrected chi connectivity index (χ1v) is 9.83. The third-order valence-corrected chi connectivity index (χ3v) is 8.64. The highest BCUT2D eigenvalue weighted by atomic mass is 16.5. The second kappa shape index (κ2) is 5.59. The van der Waals surface area contributed by atoms with Gasteiger partial charge in [-0.25, -0.2) is 0 Å². The second-order valence-corrected chi connectivity index (χ2v) is 9.48. The Morgan fingerprint density at radius 1 is 1.08 bits per heavy atom. The molecule has 4 aliphatic carbocycles. The Morgan fingerprint density at radius 2 is 1.83 bits per heavy atom. The van der Waals surface area contributed by atoms with E-state index in [1.165, 1.54) is 25.7 Å². The van der Waals surface area contributed by atoms with Crippen molar-refractivity contribution < 1.29 is 14.6 Å². The number of ketones is 1. The van der Waals surface area contributed by atoms with E-state index in [2.05, 4.69) is 13.8 Å². The van der Waals surface area contributed by atoms with E-state index in [9.17, 15) is 9.90 Å². The van der Waals surface area contributed by atoms with Gasteiger partial charge >= 0.3 is 0 Å². The maximum Gasteiger partial charge on any atom is 0.162 e. The molecule has 0 unspecified atom stereocenters. The largest absolute Gasteiger partial charge is 0.504 e. The van der Waals surface area contributed by atoms with E-state index in [0.29, 0.717) is 30.0 Å². The molecule has 0 aliphatic heterocycles. The summed E-state index contributed by atoms with van der Waals surface area (Å²) in [5.74, 6) is 2.95. The van der Waals surface area contributed by atoms with Crippen LogP contribution in [0.3, 0.4) is 0 Å². The van der Waals surface area contributed by atoms with Crippen molar-refractivity contribution in [3.63, 3.8) is 0 Å². The van der Waals surface area contributed by atoms with Crippen LogP contribution in [0.2, 0.25) is 0 Å². The molecule has 4 rings (SSSR count). The van der Waals surface area contributed by atoms with E-state index < -0.39 is 0 Å². The lowest BCUT2D eigenvalue weighted by Gasteiger charge is -2.60. The Morgan fingerprint density at radius 3 is 2.58 bits per heavy atom. The number of rotatable bonds is 1. The Hall–Kier alpha value is -0.830. The molecule has 134 valence electrons. The molecule has 0 spiro atoms. The first-order valence-electron chi connectivity index (χ1n) is 9.83. The van der Waals surface area contributed by atoms with Crippen molar-refractivity contribution in [1.82, 2.24) is 0 Å². The van der Waals surface area contributed by atoms with Crippen LogP contribution in [-0.2, 0) is 9.53 Å². The monoisotopic (exact) mass is 332 g/mol. The molecule has 24 heavy (non-hydrogen) atoms. The number of allylic oxidation sites excluding steroid dienone is 1. The quantitative estimate of drug-likeness (QED) is 0.581. The van der Waals surface area contributed by atoms with Crippen molar-refractivity contribution in [2.45, 2.75) is 71.3 Å². The van der Waals surface area contributed by atoms with Crippen molar-refractivity contribution in [2.75, 3.05) is 7.11 Å². The van der Waals surface area contributed by atoms with Gasteiger partial charge in [-0.1, -0.05) is 13.8 Å². The summed E-state index contributed by atoms with van der Waals surface area (Å²) < 4.78 is 5.20. The summed E-state index contributed by atoms with van der Waals surface area (Å²) in [6, 6.07) is 0. The molecule has 0 aromatic rings. The zero-order chi connectivity index (χ0) is 17.1. The fourth-order valence-electron chi connectivity index (χ4n) is 7.23. The molecule has 4 fully saturated rings. The molecule has 4 saturated carbocycles. The summed E-state index contributed by atoms with van der Waals surface area (Å²) in [6.45, 7) is 4.78. The first-order chi connectivity index (χ1) is 11.4. The van der Waals surface area contributed by atoms with E-state index >= 15 is 0 Å². The summed E-state index contributed by atoms with van der Waals surface area (Å²) >= 11 is 0. The third-order valence-electron chi connectivity index (χ3n) is 8.64. The van der Waals surface area contributed by atoms with Gasteiger partial charge in [0.15, 0.2) is 5.78 Å². The molecule has 0 aromatic heterocycles. The molecular formula is C21H32O3. The van der Waals surface area contributed by atoms with Crippen LogP contribution in [0.15, 0.2) is 11.8 Å². The highest BCUT2D eigenvalue weighted by Gasteiger charge is 2.60. The molecule has 0 heterocycles. The normalized spacial score (nSPS) is 52.6. The second-order valence-electron chi connectivity index (χ2n) is 9.48. The van der Waals surface area contributed by atoms with Gasteiger partial charge in [0.05, 0.1) is 19.5 Å². The molecule has 0 saturated heterocycles. The molecule has 0 bridgehead atoms. The van der Waals surface area contributed by atoms with Gasteiger partial charge in [-0.3, -0.25) is 4.79 Å². The van der Waals surface area contributed by atoms with Crippen molar-refractivity contribution in [3.05, 3.63) is 11.8 Å². The highest BCUT2D eigenvalue weighted by Crippen LogP contribution is 2.66. The number of ether oxygens (including phenoxy) is 1. The van der Waals surface area contributed by atoms with Gasteiger partial charge in [-0.05, 0) is 79.4 Å². The fraction of sp³-hybridized carbons (Fsp3) is 0.857. The molecular weight excluding hydrogens is 300 g/mol. The maximum absolute atomic E-state index is 12.4. The van der Waals surface area contributed by atoms with Crippen molar-refractivity contribution in [2.24, 2.45) is 34.5 Å². The average molecular weight is 332 g/mol. The van der Waals surface area contributed by atoms with Crippen LogP contribution < -0.4 is 0 Å². The lowest BCUT2D eigenvalue weighted by molar-refractivity contribution is -0.135. The Balaban J connectivity index is 1.65. The number of carbonyl (C=O) groups excluding carboxylic acids is 1. The SMILES string of the molecule is CO/C=C1\C[C@@]2(C)[C@@H](CC[C@@H]3[C@H]2CC[C@]2(C)[C@H](O)CC[C@H]32)CC1=O. The van der Waals surface area contributed by atoms with E-state index in [1.54, 1.807) is 13.4 Å². The van der Waals surface area contributed by atoms with E-state index in [1.807, 2.05) is 0 Å². The standard InChI is InChI=1S/C21H32O3/c1-20-9-8-17-15(16(20)6-7-19(20)23)5-4-14-10-18(22)13(12-24-3)11-21(14,17)2/h12,14-17,19,23H,4-11H2,1-3H3/b13-12+/t14-,15-,16+,17+,19+,20-,21-/m0/s1. The lowest BCUT2D eigenvalue weighted by atomic mass is 9.45. The van der Waals surface area contributed by atoms with Crippen molar-refractivity contribution >= 4 is 5.78 Å². The number of aliphatic hydroxyl groups is 1. The van der Waals surface area contributed by atoms with Gasteiger partial charge in [-0.15, -0.1) is 0 Å². The average Bonchev–Trinajstić information content (AvgIpc) is 2.85. The topological polar surface area (TPSA) is 46.5 Å². The van der Waals surface area contributed by atoms with Crippen LogP contribution in [0.4, 0.5) is 0 Å². The molecule has 0 amide bonds. The Kier molecular flexibility index (Phi) is 3.87. The van der Waals surface area contributed by atoms with Gasteiger partial charge in [-0.2, -0.15) is 0 Å². The lowest BCUT2D eigenvalue weighted by Crippen LogP contribution is -2.54. The molecule has 0 aromatic carbocycles. The van der Waals surface area contributed by atoms with Crippen LogP contribution in [-0.4, -0.2) is 24.1 Å². The molecule has 3 nitrogen and oxygen atoms in total. The zero-order valence-corrected chi connectivity index (χ0v) is 15.4. The predicted molar refractivity (Wildman–Crippen MR) is 93.2 cm³/mol. The maximum atomic E-state index is 12.4. The number of aliphatic hydroxyl groups excluding tert-OH is 1. The summed E-state index contributed by atoms with van der Waals surface area (Å²) in [6.07, 6.45) is 10.2. The molecule has 1 N–H and O–H groups in total. The van der Waals surface area contributed by atoms with Crippen LogP contribution in [0.1, 0.15) is 65.2 Å². The van der Waals surface area contributed by atoms with Gasteiger partial charge in [0, 0.05) is 12.0 Å². The minimum atomic E-state index is -0.106. The fourth-order valence-corrected chi connectivity index (χ4v) is 7.23. The zero-order valence-electron chi connectivity index (χ0n) is 15.4. The number of methoxy groups -OCH3 is 1. The minimum Gasteiger partial charge on any atom is -0.504 e. The Bertz CT molecular complexity index is 567. The summed E-state index contributed by atoms with van der Waals surface area (Å²) in [7, 11) is 1.64. The first kappa shape index (κ1) is 16.6. The highest BCUT2D eigenvalue weighted by molar-refractivity contribution is 5.96. The van der Waals surface area contributed by atoms with E-state index in [-0.39, 0.29) is 16.9 Å². The molecule has 7 atom stereocenters. The third kappa shape index (κ3) is 2.16. The number of fused-ring (bicyclic) bond motifs is 5. The van der Waals surface area contributed by atoms with Crippen LogP contribution >= 0.6 is 0 Å². The van der Waals surface area contributed by atoms with E-state index in [4.69, 9.17) is 4.74 Å².